The number of aromatic nitrogens is 1. The molecule has 88 valence electrons. The van der Waals surface area contributed by atoms with Crippen molar-refractivity contribution in [2.75, 3.05) is 0 Å². The second-order valence-corrected chi connectivity index (χ2v) is 3.62. The highest BCUT2D eigenvalue weighted by atomic mass is 35.5. The van der Waals surface area contributed by atoms with Gasteiger partial charge in [0.15, 0.2) is 0 Å². The summed E-state index contributed by atoms with van der Waals surface area (Å²) in [6.07, 6.45) is -2.26. The van der Waals surface area contributed by atoms with Gasteiger partial charge in [-0.15, -0.1) is 11.6 Å². The minimum atomic E-state index is -2.81. The van der Waals surface area contributed by atoms with Crippen molar-refractivity contribution in [1.29, 1.82) is 0 Å². The number of pyridine rings is 1. The number of carbonyl (C=O) groups is 1. The highest BCUT2D eigenvalue weighted by molar-refractivity contribution is 6.31. The summed E-state index contributed by atoms with van der Waals surface area (Å²) in [7, 11) is 0. The van der Waals surface area contributed by atoms with E-state index in [0.29, 0.717) is 0 Å². The van der Waals surface area contributed by atoms with Gasteiger partial charge in [0.2, 0.25) is 0 Å². The third kappa shape index (κ3) is 2.80. The van der Waals surface area contributed by atoms with Crippen LogP contribution < -0.4 is 0 Å². The van der Waals surface area contributed by atoms with Gasteiger partial charge >= 0.3 is 5.97 Å². The molecular weight excluding hydrogens is 263 g/mol. The second-order valence-electron chi connectivity index (χ2n) is 2.95. The first-order valence-electron chi connectivity index (χ1n) is 4.19. The van der Waals surface area contributed by atoms with E-state index in [1.54, 1.807) is 0 Å². The Hall–Kier alpha value is -0.940. The van der Waals surface area contributed by atoms with Crippen molar-refractivity contribution in [3.05, 3.63) is 28.0 Å². The van der Waals surface area contributed by atoms with Crippen molar-refractivity contribution >= 4 is 29.2 Å². The molecule has 16 heavy (non-hydrogen) atoms. The first kappa shape index (κ1) is 13.1. The topological polar surface area (TPSA) is 50.2 Å². The van der Waals surface area contributed by atoms with Crippen LogP contribution in [0.2, 0.25) is 5.02 Å². The van der Waals surface area contributed by atoms with Crippen molar-refractivity contribution in [2.24, 2.45) is 0 Å². The van der Waals surface area contributed by atoms with Crippen LogP contribution in [-0.4, -0.2) is 16.1 Å². The van der Waals surface area contributed by atoms with Crippen molar-refractivity contribution < 1.29 is 18.7 Å². The van der Waals surface area contributed by atoms with E-state index in [0.717, 1.165) is 6.20 Å². The number of alkyl halides is 3. The number of nitrogens with zero attached hydrogens (tertiary/aromatic N) is 1. The van der Waals surface area contributed by atoms with Crippen LogP contribution >= 0.6 is 23.2 Å². The Morgan fingerprint density at radius 2 is 2.19 bits per heavy atom. The van der Waals surface area contributed by atoms with Gasteiger partial charge in [-0.1, -0.05) is 11.6 Å². The van der Waals surface area contributed by atoms with Crippen LogP contribution in [0.1, 0.15) is 23.2 Å². The number of carboxylic acids is 1. The monoisotopic (exact) mass is 269 g/mol. The van der Waals surface area contributed by atoms with Crippen molar-refractivity contribution in [3.63, 3.8) is 0 Å². The van der Waals surface area contributed by atoms with Gasteiger partial charge in [0.25, 0.3) is 6.43 Å². The predicted molar refractivity (Wildman–Crippen MR) is 55.1 cm³/mol. The molecule has 0 amide bonds. The highest BCUT2D eigenvalue weighted by Gasteiger charge is 2.21. The third-order valence-electron chi connectivity index (χ3n) is 1.94. The normalized spacial score (nSPS) is 10.8. The summed E-state index contributed by atoms with van der Waals surface area (Å²) in [6, 6.07) is 0. The molecule has 0 unspecified atom stereocenters. The van der Waals surface area contributed by atoms with Gasteiger partial charge in [0.1, 0.15) is 0 Å². The van der Waals surface area contributed by atoms with Crippen LogP contribution in [0.4, 0.5) is 8.78 Å². The predicted octanol–water partition coefficient (Wildman–Crippen LogP) is 3.04. The van der Waals surface area contributed by atoms with Crippen LogP contribution in [-0.2, 0) is 17.1 Å². The number of halogens is 4. The van der Waals surface area contributed by atoms with Gasteiger partial charge in [-0.3, -0.25) is 9.78 Å². The van der Waals surface area contributed by atoms with E-state index in [1.807, 2.05) is 0 Å². The van der Waals surface area contributed by atoms with Gasteiger partial charge in [-0.25, -0.2) is 8.78 Å². The summed E-state index contributed by atoms with van der Waals surface area (Å²) in [5.41, 5.74) is -0.434. The fraction of sp³-hybridized carbons (Fsp3) is 0.333. The third-order valence-corrected chi connectivity index (χ3v) is 2.50. The van der Waals surface area contributed by atoms with Gasteiger partial charge in [-0.2, -0.15) is 0 Å². The summed E-state index contributed by atoms with van der Waals surface area (Å²) in [4.78, 5) is 14.2. The molecule has 1 rings (SSSR count). The van der Waals surface area contributed by atoms with Crippen molar-refractivity contribution in [1.82, 2.24) is 4.98 Å². The zero-order valence-electron chi connectivity index (χ0n) is 7.88. The molecule has 1 N–H and O–H groups in total. The number of aliphatic carboxylic acids is 1. The molecule has 0 fully saturated rings. The number of hydrogen-bond acceptors (Lipinski definition) is 2. The average molecular weight is 270 g/mol. The van der Waals surface area contributed by atoms with Gasteiger partial charge in [0.05, 0.1) is 17.1 Å². The molecule has 7 heteroatoms. The maximum atomic E-state index is 12.7. The average Bonchev–Trinajstić information content (AvgIpc) is 2.18. The molecule has 0 atom stereocenters. The fourth-order valence-corrected chi connectivity index (χ4v) is 1.81. The molecule has 3 nitrogen and oxygen atoms in total. The summed E-state index contributed by atoms with van der Waals surface area (Å²) >= 11 is 11.1. The maximum absolute atomic E-state index is 12.7. The van der Waals surface area contributed by atoms with E-state index in [4.69, 9.17) is 28.3 Å². The van der Waals surface area contributed by atoms with Crippen LogP contribution in [0.5, 0.6) is 0 Å². The Kier molecular flexibility index (Phi) is 4.44. The Bertz CT molecular complexity index is 413. The summed E-state index contributed by atoms with van der Waals surface area (Å²) in [5, 5.41) is 8.37. The summed E-state index contributed by atoms with van der Waals surface area (Å²) < 4.78 is 25.3. The largest absolute Gasteiger partial charge is 0.481 e. The van der Waals surface area contributed by atoms with E-state index < -0.39 is 24.4 Å². The Morgan fingerprint density at radius 1 is 1.56 bits per heavy atom. The van der Waals surface area contributed by atoms with Crippen LogP contribution in [0, 0.1) is 0 Å². The van der Waals surface area contributed by atoms with Crippen molar-refractivity contribution in [2.45, 2.75) is 18.7 Å². The summed E-state index contributed by atoms with van der Waals surface area (Å²) in [6.45, 7) is 0. The van der Waals surface area contributed by atoms with E-state index in [1.165, 1.54) is 0 Å². The molecule has 0 aliphatic rings. The molecule has 0 saturated carbocycles. The van der Waals surface area contributed by atoms with Gasteiger partial charge in [0, 0.05) is 17.6 Å². The van der Waals surface area contributed by atoms with Gasteiger partial charge < -0.3 is 5.11 Å². The molecule has 1 aromatic rings. The maximum Gasteiger partial charge on any atom is 0.309 e. The minimum Gasteiger partial charge on any atom is -0.481 e. The molecule has 0 radical (unpaired) electrons. The Morgan fingerprint density at radius 3 is 2.62 bits per heavy atom. The quantitative estimate of drug-likeness (QED) is 0.855. The van der Waals surface area contributed by atoms with E-state index in [-0.39, 0.29) is 22.2 Å². The Balaban J connectivity index is 3.30. The molecular formula is C9H7Cl2F2NO2. The number of rotatable bonds is 4. The van der Waals surface area contributed by atoms with Crippen LogP contribution in [0.15, 0.2) is 6.20 Å². The van der Waals surface area contributed by atoms with E-state index >= 15 is 0 Å². The zero-order chi connectivity index (χ0) is 12.3. The lowest BCUT2D eigenvalue weighted by Crippen LogP contribution is -2.08. The molecule has 0 spiro atoms. The standard InChI is InChI=1S/C9H7Cl2F2NO2/c10-2-4-6(1-7(15)16)14-3-5(11)8(4)9(12)13/h3,9H,1-2H2,(H,15,16). The van der Waals surface area contributed by atoms with Crippen LogP contribution in [0.25, 0.3) is 0 Å². The highest BCUT2D eigenvalue weighted by Crippen LogP contribution is 2.32. The molecule has 0 aliphatic heterocycles. The first-order valence-corrected chi connectivity index (χ1v) is 5.10. The smallest absolute Gasteiger partial charge is 0.309 e. The minimum absolute atomic E-state index is 0.00781. The summed E-state index contributed by atoms with van der Waals surface area (Å²) in [5.74, 6) is -1.42. The number of carboxylic acid groups (broad SMARTS) is 1. The molecule has 1 aromatic heterocycles. The lowest BCUT2D eigenvalue weighted by molar-refractivity contribution is -0.136. The lowest BCUT2D eigenvalue weighted by atomic mass is 10.1. The number of hydrogen-bond donors (Lipinski definition) is 1. The zero-order valence-corrected chi connectivity index (χ0v) is 9.40. The molecule has 0 aromatic carbocycles. The van der Waals surface area contributed by atoms with Crippen molar-refractivity contribution in [3.8, 4) is 0 Å². The SMILES string of the molecule is O=C(O)Cc1ncc(Cl)c(C(F)F)c1CCl. The van der Waals surface area contributed by atoms with E-state index in [2.05, 4.69) is 4.98 Å². The fourth-order valence-electron chi connectivity index (χ4n) is 1.26. The Labute approximate surface area is 100 Å². The van der Waals surface area contributed by atoms with Crippen LogP contribution in [0.3, 0.4) is 0 Å². The second kappa shape index (κ2) is 5.41. The molecule has 1 heterocycles. The lowest BCUT2D eigenvalue weighted by Gasteiger charge is -2.11. The van der Waals surface area contributed by atoms with E-state index in [9.17, 15) is 13.6 Å². The first-order chi connectivity index (χ1) is 7.47. The molecule has 0 saturated heterocycles. The van der Waals surface area contributed by atoms with Gasteiger partial charge in [-0.05, 0) is 5.56 Å². The molecule has 0 bridgehead atoms. The molecule has 0 aliphatic carbocycles.